The summed E-state index contributed by atoms with van der Waals surface area (Å²) in [6.45, 7) is 4.29. The van der Waals surface area contributed by atoms with E-state index >= 15 is 0 Å². The summed E-state index contributed by atoms with van der Waals surface area (Å²) in [7, 11) is 0. The van der Waals surface area contributed by atoms with Gasteiger partial charge in [0.2, 0.25) is 0 Å². The molecule has 2 atom stereocenters. The Morgan fingerprint density at radius 3 is 1.52 bits per heavy atom. The lowest BCUT2D eigenvalue weighted by Gasteiger charge is -2.11. The fraction of sp³-hybridized carbons (Fsp3) is 0.882. The molecule has 136 valence electrons. The van der Waals surface area contributed by atoms with Gasteiger partial charge in [-0.25, -0.2) is 0 Å². The molecule has 0 spiro atoms. The predicted octanol–water partition coefficient (Wildman–Crippen LogP) is 2.35. The van der Waals surface area contributed by atoms with Crippen LogP contribution in [-0.2, 0) is 19.1 Å². The zero-order valence-corrected chi connectivity index (χ0v) is 14.5. The number of hydrogen-bond donors (Lipinski definition) is 2. The molecule has 0 aromatic heterocycles. The Bertz CT molecular complexity index is 288. The first-order valence-electron chi connectivity index (χ1n) is 8.66. The monoisotopic (exact) mass is 332 g/mol. The third-order valence-corrected chi connectivity index (χ3v) is 3.50. The van der Waals surface area contributed by atoms with Gasteiger partial charge in [0.25, 0.3) is 0 Å². The average Bonchev–Trinajstić information content (AvgIpc) is 2.50. The van der Waals surface area contributed by atoms with Gasteiger partial charge in [-0.3, -0.25) is 9.59 Å². The minimum atomic E-state index is -0.649. The number of ether oxygens (including phenoxy) is 2. The molecule has 0 fully saturated rings. The number of esters is 2. The van der Waals surface area contributed by atoms with Gasteiger partial charge in [-0.2, -0.15) is 0 Å². The van der Waals surface area contributed by atoms with E-state index in [0.29, 0.717) is 25.7 Å². The van der Waals surface area contributed by atoms with Crippen LogP contribution in [0.1, 0.15) is 71.6 Å². The second kappa shape index (κ2) is 14.5. The first-order chi connectivity index (χ1) is 11.0. The van der Waals surface area contributed by atoms with E-state index < -0.39 is 30.6 Å². The molecule has 0 amide bonds. The lowest BCUT2D eigenvalue weighted by molar-refractivity contribution is -0.155. The smallest absolute Gasteiger partial charge is 0.317 e. The maximum atomic E-state index is 11.4. The number of aliphatic hydroxyl groups excluding tert-OH is 2. The van der Waals surface area contributed by atoms with E-state index in [-0.39, 0.29) is 13.2 Å². The van der Waals surface area contributed by atoms with Crippen LogP contribution in [0.25, 0.3) is 0 Å². The summed E-state index contributed by atoms with van der Waals surface area (Å²) in [5, 5.41) is 19.2. The van der Waals surface area contributed by atoms with Crippen molar-refractivity contribution in [3.05, 3.63) is 0 Å². The van der Waals surface area contributed by atoms with Crippen molar-refractivity contribution in [1.29, 1.82) is 0 Å². The molecule has 0 bridgehead atoms. The molecule has 2 unspecified atom stereocenters. The van der Waals surface area contributed by atoms with Gasteiger partial charge in [-0.05, 0) is 12.8 Å². The summed E-state index contributed by atoms with van der Waals surface area (Å²) in [6, 6.07) is 0. The van der Waals surface area contributed by atoms with Crippen LogP contribution in [0.2, 0.25) is 0 Å². The van der Waals surface area contributed by atoms with E-state index in [1.165, 1.54) is 0 Å². The van der Waals surface area contributed by atoms with Crippen molar-refractivity contribution < 1.29 is 29.3 Å². The normalized spacial score (nSPS) is 13.4. The lowest BCUT2D eigenvalue weighted by Crippen LogP contribution is -2.18. The van der Waals surface area contributed by atoms with Crippen LogP contribution >= 0.6 is 0 Å². The zero-order valence-electron chi connectivity index (χ0n) is 14.5. The first-order valence-corrected chi connectivity index (χ1v) is 8.66. The van der Waals surface area contributed by atoms with Gasteiger partial charge >= 0.3 is 11.9 Å². The highest BCUT2D eigenvalue weighted by Gasteiger charge is 2.14. The summed E-state index contributed by atoms with van der Waals surface area (Å²) < 4.78 is 9.79. The van der Waals surface area contributed by atoms with E-state index in [2.05, 4.69) is 0 Å². The fourth-order valence-corrected chi connectivity index (χ4v) is 2.01. The molecule has 0 heterocycles. The number of aliphatic hydroxyl groups is 2. The largest absolute Gasteiger partial charge is 0.465 e. The molecule has 0 aliphatic rings. The van der Waals surface area contributed by atoms with Crippen LogP contribution < -0.4 is 0 Å². The van der Waals surface area contributed by atoms with Gasteiger partial charge in [0, 0.05) is 12.8 Å². The minimum absolute atomic E-state index is 0.104. The first kappa shape index (κ1) is 21.9. The van der Waals surface area contributed by atoms with Crippen molar-refractivity contribution in [2.75, 3.05) is 13.2 Å². The maximum absolute atomic E-state index is 11.4. The Hall–Kier alpha value is -1.14. The third-order valence-electron chi connectivity index (χ3n) is 3.50. The Morgan fingerprint density at radius 1 is 0.783 bits per heavy atom. The molecular formula is C17H32O6. The topological polar surface area (TPSA) is 93.1 Å². The molecule has 0 aromatic rings. The molecule has 2 N–H and O–H groups in total. The van der Waals surface area contributed by atoms with Gasteiger partial charge in [0.15, 0.2) is 0 Å². The summed E-state index contributed by atoms with van der Waals surface area (Å²) in [6.07, 6.45) is 4.65. The van der Waals surface area contributed by atoms with Crippen LogP contribution in [0, 0.1) is 0 Å². The number of unbranched alkanes of at least 4 members (excludes halogenated alkanes) is 2. The highest BCUT2D eigenvalue weighted by Crippen LogP contribution is 2.06. The van der Waals surface area contributed by atoms with E-state index in [0.717, 1.165) is 25.7 Å². The molecule has 0 radical (unpaired) electrons. The summed E-state index contributed by atoms with van der Waals surface area (Å²) >= 11 is 0. The molecular weight excluding hydrogens is 300 g/mol. The minimum Gasteiger partial charge on any atom is -0.465 e. The zero-order chi connectivity index (χ0) is 17.5. The van der Waals surface area contributed by atoms with E-state index in [4.69, 9.17) is 9.47 Å². The van der Waals surface area contributed by atoms with Crippen molar-refractivity contribution in [1.82, 2.24) is 0 Å². The maximum Gasteiger partial charge on any atom is 0.317 e. The van der Waals surface area contributed by atoms with Crippen LogP contribution in [0.3, 0.4) is 0 Å². The molecule has 0 aliphatic carbocycles. The molecule has 6 heteroatoms. The highest BCUT2D eigenvalue weighted by molar-refractivity contribution is 5.91. The van der Waals surface area contributed by atoms with Crippen LogP contribution in [0.15, 0.2) is 0 Å². The Balaban J connectivity index is 3.63. The second-order valence-electron chi connectivity index (χ2n) is 5.79. The SMILES string of the molecule is CCCCC(O)CCOC(=O)CC(=O)OCCC(O)CCCC. The molecule has 0 aromatic carbocycles. The average molecular weight is 332 g/mol. The van der Waals surface area contributed by atoms with Crippen LogP contribution in [0.5, 0.6) is 0 Å². The number of hydrogen-bond acceptors (Lipinski definition) is 6. The number of carbonyl (C=O) groups is 2. The van der Waals surface area contributed by atoms with Gasteiger partial charge in [0.1, 0.15) is 6.42 Å². The van der Waals surface area contributed by atoms with Gasteiger partial charge in [-0.15, -0.1) is 0 Å². The fourth-order valence-electron chi connectivity index (χ4n) is 2.01. The van der Waals surface area contributed by atoms with Crippen molar-refractivity contribution in [3.63, 3.8) is 0 Å². The highest BCUT2D eigenvalue weighted by atomic mass is 16.6. The van der Waals surface area contributed by atoms with Crippen molar-refractivity contribution in [2.24, 2.45) is 0 Å². The number of carbonyl (C=O) groups excluding carboxylic acids is 2. The van der Waals surface area contributed by atoms with Crippen molar-refractivity contribution in [3.8, 4) is 0 Å². The Morgan fingerprint density at radius 2 is 1.17 bits per heavy atom. The Labute approximate surface area is 139 Å². The van der Waals surface area contributed by atoms with E-state index in [9.17, 15) is 19.8 Å². The van der Waals surface area contributed by atoms with Gasteiger partial charge < -0.3 is 19.7 Å². The summed E-state index contributed by atoms with van der Waals surface area (Å²) in [5.74, 6) is -1.30. The van der Waals surface area contributed by atoms with E-state index in [1.54, 1.807) is 0 Å². The quantitative estimate of drug-likeness (QED) is 0.375. The standard InChI is InChI=1S/C17H32O6/c1-3-5-7-14(18)9-11-22-16(20)13-17(21)23-12-10-15(19)8-6-4-2/h14-15,18-19H,3-13H2,1-2H3. The second-order valence-corrected chi connectivity index (χ2v) is 5.79. The van der Waals surface area contributed by atoms with Gasteiger partial charge in [-0.1, -0.05) is 39.5 Å². The molecule has 23 heavy (non-hydrogen) atoms. The van der Waals surface area contributed by atoms with E-state index in [1.807, 2.05) is 13.8 Å². The molecule has 0 rings (SSSR count). The van der Waals surface area contributed by atoms with Crippen LogP contribution in [0.4, 0.5) is 0 Å². The predicted molar refractivity (Wildman–Crippen MR) is 86.8 cm³/mol. The van der Waals surface area contributed by atoms with Crippen LogP contribution in [-0.4, -0.2) is 47.6 Å². The molecule has 0 saturated heterocycles. The van der Waals surface area contributed by atoms with Crippen molar-refractivity contribution in [2.45, 2.75) is 83.8 Å². The summed E-state index contributed by atoms with van der Waals surface area (Å²) in [5.41, 5.74) is 0. The van der Waals surface area contributed by atoms with Gasteiger partial charge in [0.05, 0.1) is 25.4 Å². The molecule has 0 saturated carbocycles. The molecule has 0 aliphatic heterocycles. The molecule has 6 nitrogen and oxygen atoms in total. The Kier molecular flexibility index (Phi) is 13.7. The number of rotatable bonds is 14. The van der Waals surface area contributed by atoms with Crippen molar-refractivity contribution >= 4 is 11.9 Å². The third kappa shape index (κ3) is 14.2. The summed E-state index contributed by atoms with van der Waals surface area (Å²) in [4.78, 5) is 22.9. The lowest BCUT2D eigenvalue weighted by atomic mass is 10.1.